The molecule has 2 unspecified atom stereocenters. The van der Waals surface area contributed by atoms with Crippen molar-refractivity contribution < 1.29 is 33.0 Å². The van der Waals surface area contributed by atoms with E-state index in [0.29, 0.717) is 25.2 Å². The van der Waals surface area contributed by atoms with Gasteiger partial charge < -0.3 is 14.6 Å². The molecule has 0 aromatic heterocycles. The SMILES string of the molecule is C=C(CC(=O)OCC(C)(F)F)C(=O)OC12CC3CC(CC(O)(C3)C1)C2. The molecule has 140 valence electrons. The van der Waals surface area contributed by atoms with Crippen LogP contribution in [0.3, 0.4) is 0 Å². The van der Waals surface area contributed by atoms with E-state index in [2.05, 4.69) is 11.3 Å². The molecule has 4 fully saturated rings. The lowest BCUT2D eigenvalue weighted by Gasteiger charge is -2.59. The molecule has 4 saturated carbocycles. The largest absolute Gasteiger partial charge is 0.459 e. The Morgan fingerprint density at radius 3 is 2.36 bits per heavy atom. The van der Waals surface area contributed by atoms with Crippen LogP contribution in [0.25, 0.3) is 0 Å². The molecule has 0 aromatic carbocycles. The highest BCUT2D eigenvalue weighted by molar-refractivity contribution is 5.93. The number of hydrogen-bond donors (Lipinski definition) is 1. The van der Waals surface area contributed by atoms with E-state index < -0.39 is 42.1 Å². The van der Waals surface area contributed by atoms with Crippen LogP contribution in [0.4, 0.5) is 8.78 Å². The number of hydrogen-bond acceptors (Lipinski definition) is 5. The number of ether oxygens (including phenoxy) is 2. The van der Waals surface area contributed by atoms with Gasteiger partial charge in [0.05, 0.1) is 12.0 Å². The van der Waals surface area contributed by atoms with Crippen molar-refractivity contribution in [1.82, 2.24) is 0 Å². The van der Waals surface area contributed by atoms with Crippen LogP contribution in [0.1, 0.15) is 51.9 Å². The third-order valence-electron chi connectivity index (χ3n) is 5.42. The van der Waals surface area contributed by atoms with Gasteiger partial charge in [-0.15, -0.1) is 0 Å². The standard InChI is InChI=1S/C18H24F2O5/c1-11(3-14(21)24-10-16(2,19)20)15(22)25-18-7-12-4-13(8-18)6-17(23,5-12)9-18/h12-13,23H,1,3-10H2,2H3. The zero-order valence-corrected chi connectivity index (χ0v) is 14.4. The summed E-state index contributed by atoms with van der Waals surface area (Å²) in [6, 6.07) is 0. The zero-order chi connectivity index (χ0) is 18.5. The quantitative estimate of drug-likeness (QED) is 0.584. The number of aliphatic hydroxyl groups is 1. The summed E-state index contributed by atoms with van der Waals surface area (Å²) in [6.45, 7) is 3.14. The fourth-order valence-corrected chi connectivity index (χ4v) is 5.02. The van der Waals surface area contributed by atoms with Crippen LogP contribution >= 0.6 is 0 Å². The Morgan fingerprint density at radius 2 is 1.84 bits per heavy atom. The molecule has 0 heterocycles. The predicted molar refractivity (Wildman–Crippen MR) is 83.8 cm³/mol. The van der Waals surface area contributed by atoms with Crippen LogP contribution in [0.2, 0.25) is 0 Å². The number of carbonyl (C=O) groups is 2. The fraction of sp³-hybridized carbons (Fsp3) is 0.778. The first kappa shape index (κ1) is 18.3. The molecule has 4 rings (SSSR count). The molecular formula is C18H24F2O5. The van der Waals surface area contributed by atoms with Crippen molar-refractivity contribution >= 4 is 11.9 Å². The number of alkyl halides is 2. The van der Waals surface area contributed by atoms with Gasteiger partial charge in [-0.3, -0.25) is 4.79 Å². The summed E-state index contributed by atoms with van der Waals surface area (Å²) in [4.78, 5) is 23.9. The maximum absolute atomic E-state index is 12.7. The van der Waals surface area contributed by atoms with Gasteiger partial charge in [-0.1, -0.05) is 6.58 Å². The number of esters is 2. The summed E-state index contributed by atoms with van der Waals surface area (Å²) < 4.78 is 35.5. The van der Waals surface area contributed by atoms with E-state index in [0.717, 1.165) is 32.1 Å². The highest BCUT2D eigenvalue weighted by Crippen LogP contribution is 2.58. The second-order valence-corrected chi connectivity index (χ2v) is 8.27. The number of rotatable bonds is 6. The fourth-order valence-electron chi connectivity index (χ4n) is 5.02. The molecule has 4 bridgehead atoms. The highest BCUT2D eigenvalue weighted by atomic mass is 19.3. The Labute approximate surface area is 145 Å². The van der Waals surface area contributed by atoms with Crippen LogP contribution in [-0.2, 0) is 19.1 Å². The van der Waals surface area contributed by atoms with Gasteiger partial charge in [0.15, 0.2) is 6.61 Å². The second-order valence-electron chi connectivity index (χ2n) is 8.27. The van der Waals surface area contributed by atoms with Crippen LogP contribution < -0.4 is 0 Å². The Morgan fingerprint density at radius 1 is 1.24 bits per heavy atom. The average molecular weight is 358 g/mol. The van der Waals surface area contributed by atoms with Crippen molar-refractivity contribution in [3.05, 3.63) is 12.2 Å². The van der Waals surface area contributed by atoms with Crippen LogP contribution in [-0.4, -0.2) is 40.8 Å². The molecule has 2 atom stereocenters. The molecule has 4 aliphatic carbocycles. The smallest absolute Gasteiger partial charge is 0.334 e. The molecule has 0 aliphatic heterocycles. The van der Waals surface area contributed by atoms with Crippen molar-refractivity contribution in [2.24, 2.45) is 11.8 Å². The van der Waals surface area contributed by atoms with Crippen LogP contribution in [0, 0.1) is 11.8 Å². The van der Waals surface area contributed by atoms with E-state index in [1.807, 2.05) is 0 Å². The van der Waals surface area contributed by atoms with Gasteiger partial charge in [0.2, 0.25) is 0 Å². The lowest BCUT2D eigenvalue weighted by atomic mass is 9.52. The predicted octanol–water partition coefficient (Wildman–Crippen LogP) is 2.76. The average Bonchev–Trinajstić information content (AvgIpc) is 2.41. The summed E-state index contributed by atoms with van der Waals surface area (Å²) in [5.74, 6) is -4.07. The summed E-state index contributed by atoms with van der Waals surface area (Å²) in [5.41, 5.74) is -1.58. The van der Waals surface area contributed by atoms with E-state index in [1.165, 1.54) is 0 Å². The molecule has 0 saturated heterocycles. The minimum absolute atomic E-state index is 0.118. The summed E-state index contributed by atoms with van der Waals surface area (Å²) >= 11 is 0. The third kappa shape index (κ3) is 4.19. The molecule has 0 amide bonds. The minimum Gasteiger partial charge on any atom is -0.459 e. The monoisotopic (exact) mass is 358 g/mol. The molecular weight excluding hydrogens is 334 g/mol. The van der Waals surface area contributed by atoms with Gasteiger partial charge in [-0.2, -0.15) is 0 Å². The van der Waals surface area contributed by atoms with Crippen molar-refractivity contribution in [1.29, 1.82) is 0 Å². The van der Waals surface area contributed by atoms with Crippen molar-refractivity contribution in [2.75, 3.05) is 6.61 Å². The Bertz CT molecular complexity index is 581. The van der Waals surface area contributed by atoms with E-state index in [9.17, 15) is 23.5 Å². The van der Waals surface area contributed by atoms with Crippen molar-refractivity contribution in [3.8, 4) is 0 Å². The first-order chi connectivity index (χ1) is 11.5. The molecule has 1 N–H and O–H groups in total. The van der Waals surface area contributed by atoms with Gasteiger partial charge in [-0.25, -0.2) is 13.6 Å². The molecule has 0 spiro atoms. The van der Waals surface area contributed by atoms with E-state index >= 15 is 0 Å². The normalized spacial score (nSPS) is 36.2. The molecule has 5 nitrogen and oxygen atoms in total. The number of carbonyl (C=O) groups excluding carboxylic acids is 2. The van der Waals surface area contributed by atoms with Crippen molar-refractivity contribution in [3.63, 3.8) is 0 Å². The Kier molecular flexibility index (Phi) is 4.42. The molecule has 25 heavy (non-hydrogen) atoms. The zero-order valence-electron chi connectivity index (χ0n) is 14.4. The Hall–Kier alpha value is -1.50. The highest BCUT2D eigenvalue weighted by Gasteiger charge is 2.59. The topological polar surface area (TPSA) is 72.8 Å². The first-order valence-corrected chi connectivity index (χ1v) is 8.65. The van der Waals surface area contributed by atoms with Gasteiger partial charge in [-0.05, 0) is 43.9 Å². The maximum atomic E-state index is 12.7. The maximum Gasteiger partial charge on any atom is 0.334 e. The van der Waals surface area contributed by atoms with Gasteiger partial charge in [0, 0.05) is 18.9 Å². The lowest BCUT2D eigenvalue weighted by Crippen LogP contribution is -2.60. The van der Waals surface area contributed by atoms with Gasteiger partial charge >= 0.3 is 11.9 Å². The summed E-state index contributed by atoms with van der Waals surface area (Å²) in [5, 5.41) is 10.7. The molecule has 0 aromatic rings. The van der Waals surface area contributed by atoms with E-state index in [1.54, 1.807) is 0 Å². The van der Waals surface area contributed by atoms with E-state index in [4.69, 9.17) is 4.74 Å². The van der Waals surface area contributed by atoms with Gasteiger partial charge in [0.1, 0.15) is 5.60 Å². The van der Waals surface area contributed by atoms with Crippen molar-refractivity contribution in [2.45, 2.75) is 69.0 Å². The van der Waals surface area contributed by atoms with Crippen LogP contribution in [0.5, 0.6) is 0 Å². The Balaban J connectivity index is 1.55. The van der Waals surface area contributed by atoms with Gasteiger partial charge in [0.25, 0.3) is 5.92 Å². The summed E-state index contributed by atoms with van der Waals surface area (Å²) in [6.07, 6.45) is 3.93. The lowest BCUT2D eigenvalue weighted by molar-refractivity contribution is -0.217. The molecule has 7 heteroatoms. The molecule has 4 aliphatic rings. The van der Waals surface area contributed by atoms with E-state index in [-0.39, 0.29) is 5.57 Å². The molecule has 0 radical (unpaired) electrons. The summed E-state index contributed by atoms with van der Waals surface area (Å²) in [7, 11) is 0. The third-order valence-corrected chi connectivity index (χ3v) is 5.42. The second kappa shape index (κ2) is 6.04. The minimum atomic E-state index is -3.12. The van der Waals surface area contributed by atoms with Crippen LogP contribution in [0.15, 0.2) is 12.2 Å². The number of halogens is 2. The first-order valence-electron chi connectivity index (χ1n) is 8.65.